The van der Waals surface area contributed by atoms with Crippen molar-refractivity contribution in [3.63, 3.8) is 0 Å². The molecule has 1 aromatic carbocycles. The zero-order valence-electron chi connectivity index (χ0n) is 13.0. The van der Waals surface area contributed by atoms with E-state index in [1.165, 1.54) is 13.2 Å². The number of hydrogen-bond donors (Lipinski definition) is 1. The summed E-state index contributed by atoms with van der Waals surface area (Å²) < 4.78 is 18.7. The fourth-order valence-electron chi connectivity index (χ4n) is 3.17. The number of esters is 1. The number of benzene rings is 1. The van der Waals surface area contributed by atoms with Crippen molar-refractivity contribution in [3.05, 3.63) is 59.2 Å². The number of pyridine rings is 1. The Morgan fingerprint density at radius 3 is 3.13 bits per heavy atom. The molecule has 0 spiro atoms. The molecule has 120 valence electrons. The van der Waals surface area contributed by atoms with E-state index in [1.807, 2.05) is 6.07 Å². The number of rotatable bonds is 4. The maximum atomic E-state index is 13.9. The van der Waals surface area contributed by atoms with Crippen LogP contribution in [0, 0.1) is 5.82 Å². The van der Waals surface area contributed by atoms with Crippen LogP contribution in [0.25, 0.3) is 0 Å². The van der Waals surface area contributed by atoms with Crippen LogP contribution >= 0.6 is 0 Å². The number of anilines is 1. The standard InChI is InChI=1S/C18H19FN2O2/c1-23-18(22)15-8-9-20-11-17(15)21-10-12-4-2-6-14-13(12)5-3-7-16(14)19/h3,5,7-9,11-12,21H,2,4,6,10H2,1H3/t12-/m0/s1. The number of carbonyl (C=O) groups is 1. The van der Waals surface area contributed by atoms with Crippen LogP contribution in [0.1, 0.15) is 40.2 Å². The van der Waals surface area contributed by atoms with Crippen molar-refractivity contribution in [2.24, 2.45) is 0 Å². The molecule has 0 amide bonds. The largest absolute Gasteiger partial charge is 0.465 e. The van der Waals surface area contributed by atoms with Crippen LogP contribution in [0.5, 0.6) is 0 Å². The van der Waals surface area contributed by atoms with E-state index < -0.39 is 5.97 Å². The minimum absolute atomic E-state index is 0.121. The molecule has 4 nitrogen and oxygen atoms in total. The quantitative estimate of drug-likeness (QED) is 0.877. The molecule has 1 heterocycles. The van der Waals surface area contributed by atoms with Crippen molar-refractivity contribution in [3.8, 4) is 0 Å². The molecule has 1 aliphatic rings. The third-order valence-corrected chi connectivity index (χ3v) is 4.34. The number of fused-ring (bicyclic) bond motifs is 1. The predicted octanol–water partition coefficient (Wildman–Crippen LogP) is 3.54. The smallest absolute Gasteiger partial charge is 0.340 e. The zero-order chi connectivity index (χ0) is 16.2. The molecule has 0 radical (unpaired) electrons. The molecule has 0 bridgehead atoms. The van der Waals surface area contributed by atoms with Gasteiger partial charge in [0.2, 0.25) is 0 Å². The van der Waals surface area contributed by atoms with Gasteiger partial charge >= 0.3 is 5.97 Å². The first-order chi connectivity index (χ1) is 11.2. The fraction of sp³-hybridized carbons (Fsp3) is 0.333. The maximum Gasteiger partial charge on any atom is 0.340 e. The van der Waals surface area contributed by atoms with Gasteiger partial charge in [-0.25, -0.2) is 9.18 Å². The summed E-state index contributed by atoms with van der Waals surface area (Å²) in [7, 11) is 1.35. The van der Waals surface area contributed by atoms with Gasteiger partial charge in [-0.2, -0.15) is 0 Å². The molecule has 1 aromatic heterocycles. The summed E-state index contributed by atoms with van der Waals surface area (Å²) in [4.78, 5) is 15.8. The van der Waals surface area contributed by atoms with Crippen LogP contribution < -0.4 is 5.32 Å². The Kier molecular flexibility index (Phi) is 4.55. The monoisotopic (exact) mass is 314 g/mol. The molecule has 3 rings (SSSR count). The van der Waals surface area contributed by atoms with E-state index in [0.29, 0.717) is 17.8 Å². The molecule has 23 heavy (non-hydrogen) atoms. The lowest BCUT2D eigenvalue weighted by Gasteiger charge is -2.26. The van der Waals surface area contributed by atoms with Gasteiger partial charge in [0.15, 0.2) is 0 Å². The van der Waals surface area contributed by atoms with E-state index in [9.17, 15) is 9.18 Å². The van der Waals surface area contributed by atoms with Crippen LogP contribution in [-0.2, 0) is 11.2 Å². The normalized spacial score (nSPS) is 16.5. The molecule has 1 N–H and O–H groups in total. The predicted molar refractivity (Wildman–Crippen MR) is 86.1 cm³/mol. The molecule has 1 aliphatic carbocycles. The summed E-state index contributed by atoms with van der Waals surface area (Å²) in [5.41, 5.74) is 2.98. The van der Waals surface area contributed by atoms with Crippen LogP contribution in [0.2, 0.25) is 0 Å². The fourth-order valence-corrected chi connectivity index (χ4v) is 3.17. The van der Waals surface area contributed by atoms with Gasteiger partial charge in [-0.3, -0.25) is 4.98 Å². The lowest BCUT2D eigenvalue weighted by atomic mass is 9.82. The summed E-state index contributed by atoms with van der Waals surface area (Å²) >= 11 is 0. The average molecular weight is 314 g/mol. The zero-order valence-corrected chi connectivity index (χ0v) is 13.0. The lowest BCUT2D eigenvalue weighted by molar-refractivity contribution is 0.0601. The first kappa shape index (κ1) is 15.5. The average Bonchev–Trinajstić information content (AvgIpc) is 2.60. The second-order valence-corrected chi connectivity index (χ2v) is 5.69. The number of halogens is 1. The van der Waals surface area contributed by atoms with E-state index in [-0.39, 0.29) is 11.7 Å². The molecule has 2 aromatic rings. The van der Waals surface area contributed by atoms with Gasteiger partial charge in [0.05, 0.1) is 24.6 Å². The Balaban J connectivity index is 1.78. The Labute approximate surface area is 134 Å². The SMILES string of the molecule is COC(=O)c1ccncc1NC[C@@H]1CCCc2c(F)cccc21. The van der Waals surface area contributed by atoms with Crippen molar-refractivity contribution in [2.45, 2.75) is 25.2 Å². The van der Waals surface area contributed by atoms with Crippen LogP contribution in [-0.4, -0.2) is 24.6 Å². The highest BCUT2D eigenvalue weighted by Gasteiger charge is 2.23. The van der Waals surface area contributed by atoms with Gasteiger partial charge in [-0.05, 0) is 42.5 Å². The number of methoxy groups -OCH3 is 1. The maximum absolute atomic E-state index is 13.9. The number of ether oxygens (including phenoxy) is 1. The molecule has 0 saturated heterocycles. The summed E-state index contributed by atoms with van der Waals surface area (Å²) in [5.74, 6) is -0.297. The first-order valence-corrected chi connectivity index (χ1v) is 7.74. The summed E-state index contributed by atoms with van der Waals surface area (Å²) in [6.45, 7) is 0.631. The highest BCUT2D eigenvalue weighted by atomic mass is 19.1. The van der Waals surface area contributed by atoms with E-state index >= 15 is 0 Å². The van der Waals surface area contributed by atoms with Gasteiger partial charge in [-0.15, -0.1) is 0 Å². The summed E-state index contributed by atoms with van der Waals surface area (Å²) in [5, 5.41) is 3.27. The van der Waals surface area contributed by atoms with Crippen molar-refractivity contribution < 1.29 is 13.9 Å². The summed E-state index contributed by atoms with van der Waals surface area (Å²) in [6, 6.07) is 6.90. The molecule has 1 atom stereocenters. The van der Waals surface area contributed by atoms with Crippen molar-refractivity contribution in [2.75, 3.05) is 19.0 Å². The molecular weight excluding hydrogens is 295 g/mol. The highest BCUT2D eigenvalue weighted by molar-refractivity contribution is 5.95. The third kappa shape index (κ3) is 3.18. The van der Waals surface area contributed by atoms with Crippen LogP contribution in [0.4, 0.5) is 10.1 Å². The minimum Gasteiger partial charge on any atom is -0.465 e. The molecule has 0 saturated carbocycles. The number of nitrogens with zero attached hydrogens (tertiary/aromatic N) is 1. The van der Waals surface area contributed by atoms with Gasteiger partial charge in [-0.1, -0.05) is 12.1 Å². The number of carbonyl (C=O) groups excluding carboxylic acids is 1. The molecule has 0 fully saturated rings. The molecule has 0 aliphatic heterocycles. The van der Waals surface area contributed by atoms with Crippen molar-refractivity contribution >= 4 is 11.7 Å². The van der Waals surface area contributed by atoms with E-state index in [4.69, 9.17) is 4.74 Å². The van der Waals surface area contributed by atoms with E-state index in [2.05, 4.69) is 10.3 Å². The molecule has 5 heteroatoms. The van der Waals surface area contributed by atoms with Gasteiger partial charge < -0.3 is 10.1 Å². The second-order valence-electron chi connectivity index (χ2n) is 5.69. The van der Waals surface area contributed by atoms with E-state index in [1.54, 1.807) is 24.5 Å². The number of aromatic nitrogens is 1. The Bertz CT molecular complexity index is 718. The van der Waals surface area contributed by atoms with Crippen LogP contribution in [0.15, 0.2) is 36.7 Å². The molecule has 0 unspecified atom stereocenters. The second kappa shape index (κ2) is 6.77. The third-order valence-electron chi connectivity index (χ3n) is 4.34. The van der Waals surface area contributed by atoms with Crippen LogP contribution in [0.3, 0.4) is 0 Å². The van der Waals surface area contributed by atoms with Gasteiger partial charge in [0.25, 0.3) is 0 Å². The number of hydrogen-bond acceptors (Lipinski definition) is 4. The van der Waals surface area contributed by atoms with E-state index in [0.717, 1.165) is 30.4 Å². The lowest BCUT2D eigenvalue weighted by Crippen LogP contribution is -2.20. The topological polar surface area (TPSA) is 51.2 Å². The summed E-state index contributed by atoms with van der Waals surface area (Å²) in [6.07, 6.45) is 5.93. The van der Waals surface area contributed by atoms with Crippen molar-refractivity contribution in [1.82, 2.24) is 4.98 Å². The Morgan fingerprint density at radius 2 is 2.30 bits per heavy atom. The van der Waals surface area contributed by atoms with Gasteiger partial charge in [0, 0.05) is 18.7 Å². The Morgan fingerprint density at radius 1 is 1.43 bits per heavy atom. The minimum atomic E-state index is -0.398. The first-order valence-electron chi connectivity index (χ1n) is 7.74. The Hall–Kier alpha value is -2.43. The van der Waals surface area contributed by atoms with Crippen molar-refractivity contribution in [1.29, 1.82) is 0 Å². The van der Waals surface area contributed by atoms with Gasteiger partial charge in [0.1, 0.15) is 5.82 Å². The molecular formula is C18H19FN2O2. The highest BCUT2D eigenvalue weighted by Crippen LogP contribution is 2.33. The number of nitrogens with one attached hydrogen (secondary N) is 1.